The highest BCUT2D eigenvalue weighted by molar-refractivity contribution is 7.89. The van der Waals surface area contributed by atoms with Crippen molar-refractivity contribution in [2.24, 2.45) is 11.1 Å². The molecule has 7 heteroatoms. The average molecular weight is 457 g/mol. The van der Waals surface area contributed by atoms with E-state index in [0.717, 1.165) is 46.6 Å². The van der Waals surface area contributed by atoms with Crippen LogP contribution in [0.3, 0.4) is 0 Å². The second-order valence-corrected chi connectivity index (χ2v) is 10.1. The van der Waals surface area contributed by atoms with Gasteiger partial charge in [-0.3, -0.25) is 4.79 Å². The Labute approximate surface area is 187 Å². The molecule has 0 unspecified atom stereocenters. The maximum Gasteiger partial charge on any atom is 0.238 e. The largest absolute Gasteiger partial charge is 0.317 e. The van der Waals surface area contributed by atoms with Gasteiger partial charge in [-0.25, -0.2) is 13.6 Å². The van der Waals surface area contributed by atoms with Crippen molar-refractivity contribution in [1.82, 2.24) is 4.57 Å². The van der Waals surface area contributed by atoms with Crippen molar-refractivity contribution >= 4 is 27.4 Å². The van der Waals surface area contributed by atoms with E-state index in [0.29, 0.717) is 23.8 Å². The molecule has 2 N–H and O–H groups in total. The Bertz CT molecular complexity index is 1240. The number of aromatic nitrogens is 1. The molecule has 2 aromatic carbocycles. The van der Waals surface area contributed by atoms with Crippen LogP contribution in [0.25, 0.3) is 16.8 Å². The fraction of sp³-hybridized carbons (Fsp3) is 0.292. The fourth-order valence-electron chi connectivity index (χ4n) is 4.18. The monoisotopic (exact) mass is 456 g/mol. The second kappa shape index (κ2) is 8.26. The Kier molecular flexibility index (Phi) is 5.81. The zero-order chi connectivity index (χ0) is 22.3. The third-order valence-corrected chi connectivity index (χ3v) is 7.03. The van der Waals surface area contributed by atoms with Crippen LogP contribution in [0.1, 0.15) is 47.9 Å². The lowest BCUT2D eigenvalue weighted by atomic mass is 9.95. The van der Waals surface area contributed by atoms with Gasteiger partial charge >= 0.3 is 0 Å². The van der Waals surface area contributed by atoms with Crippen LogP contribution in [-0.2, 0) is 16.4 Å². The first-order valence-electron chi connectivity index (χ1n) is 10.4. The molecule has 0 radical (unpaired) electrons. The summed E-state index contributed by atoms with van der Waals surface area (Å²) in [6, 6.07) is 14.0. The van der Waals surface area contributed by atoms with E-state index in [1.54, 1.807) is 12.1 Å². The summed E-state index contributed by atoms with van der Waals surface area (Å²) in [4.78, 5) is 13.4. The van der Waals surface area contributed by atoms with Crippen LogP contribution < -0.4 is 5.14 Å². The third kappa shape index (κ3) is 4.33. The summed E-state index contributed by atoms with van der Waals surface area (Å²) < 4.78 is 25.5. The number of benzene rings is 2. The zero-order valence-corrected chi connectivity index (χ0v) is 19.1. The van der Waals surface area contributed by atoms with Crippen LogP contribution in [0.2, 0.25) is 5.02 Å². The summed E-state index contributed by atoms with van der Waals surface area (Å²) in [5.41, 5.74) is 5.19. The topological polar surface area (TPSA) is 82.2 Å². The highest BCUT2D eigenvalue weighted by Crippen LogP contribution is 2.40. The summed E-state index contributed by atoms with van der Waals surface area (Å²) in [7, 11) is -3.79. The van der Waals surface area contributed by atoms with Crippen molar-refractivity contribution < 1.29 is 13.2 Å². The smallest absolute Gasteiger partial charge is 0.238 e. The van der Waals surface area contributed by atoms with Gasteiger partial charge in [0, 0.05) is 39.6 Å². The molecule has 0 bridgehead atoms. The predicted molar refractivity (Wildman–Crippen MR) is 123 cm³/mol. The number of ketones is 1. The molecule has 162 valence electrons. The van der Waals surface area contributed by atoms with Gasteiger partial charge in [0.05, 0.1) is 4.90 Å². The SMILES string of the molecule is CCc1c(C(=O)CC2CC2)c(-c2ccc(S(N)(=O)=O)cc2)c(C)n1-c1ccc(Cl)cc1. The first-order chi connectivity index (χ1) is 14.7. The van der Waals surface area contributed by atoms with Crippen LogP contribution in [-0.4, -0.2) is 18.8 Å². The minimum Gasteiger partial charge on any atom is -0.317 e. The molecule has 0 amide bonds. The number of primary sulfonamides is 1. The molecule has 1 fully saturated rings. The van der Waals surface area contributed by atoms with Crippen LogP contribution in [0.5, 0.6) is 0 Å². The molecule has 1 aliphatic carbocycles. The number of carbonyl (C=O) groups is 1. The predicted octanol–water partition coefficient (Wildman–Crippen LogP) is 5.30. The number of nitrogens with two attached hydrogens (primary N) is 1. The average Bonchev–Trinajstić information content (AvgIpc) is 3.49. The maximum atomic E-state index is 13.4. The molecular weight excluding hydrogens is 432 g/mol. The normalized spacial score (nSPS) is 14.1. The third-order valence-electron chi connectivity index (χ3n) is 5.85. The minimum absolute atomic E-state index is 0.0487. The number of carbonyl (C=O) groups excluding carboxylic acids is 1. The summed E-state index contributed by atoms with van der Waals surface area (Å²) in [5.74, 6) is 0.606. The van der Waals surface area contributed by atoms with Crippen molar-refractivity contribution in [3.05, 3.63) is 70.5 Å². The Morgan fingerprint density at radius 3 is 2.23 bits per heavy atom. The van der Waals surface area contributed by atoms with E-state index in [4.69, 9.17) is 16.7 Å². The molecule has 0 aliphatic heterocycles. The van der Waals surface area contributed by atoms with Crippen LogP contribution in [0.15, 0.2) is 53.4 Å². The molecule has 4 rings (SSSR count). The van der Waals surface area contributed by atoms with E-state index in [-0.39, 0.29) is 10.7 Å². The Morgan fingerprint density at radius 1 is 1.10 bits per heavy atom. The lowest BCUT2D eigenvalue weighted by Crippen LogP contribution is -2.11. The van der Waals surface area contributed by atoms with Crippen molar-refractivity contribution in [3.63, 3.8) is 0 Å². The molecule has 5 nitrogen and oxygen atoms in total. The second-order valence-electron chi connectivity index (χ2n) is 8.09. The molecule has 3 aromatic rings. The van der Waals surface area contributed by atoms with Crippen LogP contribution >= 0.6 is 11.6 Å². The van der Waals surface area contributed by atoms with Gasteiger partial charge in [-0.1, -0.05) is 30.7 Å². The van der Waals surface area contributed by atoms with E-state index in [2.05, 4.69) is 4.57 Å². The van der Waals surface area contributed by atoms with Gasteiger partial charge in [0.15, 0.2) is 5.78 Å². The molecule has 0 atom stereocenters. The Hall–Kier alpha value is -2.41. The molecule has 1 saturated carbocycles. The molecule has 1 heterocycles. The molecule has 1 aliphatic rings. The summed E-state index contributed by atoms with van der Waals surface area (Å²) in [6.07, 6.45) is 3.43. The number of rotatable bonds is 7. The quantitative estimate of drug-likeness (QED) is 0.490. The number of hydrogen-bond acceptors (Lipinski definition) is 3. The van der Waals surface area contributed by atoms with E-state index < -0.39 is 10.0 Å². The van der Waals surface area contributed by atoms with Gasteiger partial charge in [0.25, 0.3) is 0 Å². The van der Waals surface area contributed by atoms with Crippen molar-refractivity contribution in [2.45, 2.75) is 44.4 Å². The summed E-state index contributed by atoms with van der Waals surface area (Å²) in [6.45, 7) is 4.04. The van der Waals surface area contributed by atoms with Gasteiger partial charge in [0.2, 0.25) is 10.0 Å². The Morgan fingerprint density at radius 2 is 1.71 bits per heavy atom. The van der Waals surface area contributed by atoms with E-state index >= 15 is 0 Å². The maximum absolute atomic E-state index is 13.4. The minimum atomic E-state index is -3.79. The van der Waals surface area contributed by atoms with Crippen molar-refractivity contribution in [3.8, 4) is 16.8 Å². The number of nitrogens with zero attached hydrogens (tertiary/aromatic N) is 1. The lowest BCUT2D eigenvalue weighted by Gasteiger charge is -2.12. The van der Waals surface area contributed by atoms with E-state index in [1.165, 1.54) is 12.1 Å². The highest BCUT2D eigenvalue weighted by Gasteiger charge is 2.31. The zero-order valence-electron chi connectivity index (χ0n) is 17.6. The first kappa shape index (κ1) is 21.8. The van der Waals surface area contributed by atoms with Crippen molar-refractivity contribution in [2.75, 3.05) is 0 Å². The fourth-order valence-corrected chi connectivity index (χ4v) is 4.82. The summed E-state index contributed by atoms with van der Waals surface area (Å²) in [5, 5.41) is 5.91. The van der Waals surface area contributed by atoms with Gasteiger partial charge < -0.3 is 4.57 Å². The van der Waals surface area contributed by atoms with Gasteiger partial charge in [-0.05, 0) is 74.1 Å². The van der Waals surface area contributed by atoms with Crippen LogP contribution in [0.4, 0.5) is 0 Å². The lowest BCUT2D eigenvalue weighted by molar-refractivity contribution is 0.0976. The molecular formula is C24H25ClN2O3S. The highest BCUT2D eigenvalue weighted by atomic mass is 35.5. The van der Waals surface area contributed by atoms with E-state index in [1.807, 2.05) is 38.1 Å². The standard InChI is InChI=1S/C24H25ClN2O3S/c1-3-21-24(22(28)14-16-4-5-16)23(17-6-12-20(13-7-17)31(26,29)30)15(2)27(21)19-10-8-18(25)9-11-19/h6-13,16H,3-5,14H2,1-2H3,(H2,26,29,30). The van der Waals surface area contributed by atoms with Gasteiger partial charge in [-0.2, -0.15) is 0 Å². The first-order valence-corrected chi connectivity index (χ1v) is 12.3. The van der Waals surface area contributed by atoms with Crippen molar-refractivity contribution in [1.29, 1.82) is 0 Å². The Balaban J connectivity index is 1.93. The number of hydrogen-bond donors (Lipinski definition) is 1. The number of sulfonamides is 1. The van der Waals surface area contributed by atoms with Gasteiger partial charge in [-0.15, -0.1) is 0 Å². The molecule has 31 heavy (non-hydrogen) atoms. The molecule has 0 saturated heterocycles. The van der Waals surface area contributed by atoms with E-state index in [9.17, 15) is 13.2 Å². The van der Waals surface area contributed by atoms with Gasteiger partial charge in [0.1, 0.15) is 0 Å². The molecule has 1 aromatic heterocycles. The number of halogens is 1. The summed E-state index contributed by atoms with van der Waals surface area (Å²) >= 11 is 6.09. The van der Waals surface area contributed by atoms with Crippen LogP contribution in [0, 0.1) is 12.8 Å². The number of Topliss-reactive ketones (excluding diaryl/α,β-unsaturated/α-hetero) is 1. The molecule has 0 spiro atoms.